The molecular weight excluding hydrogens is 462 g/mol. The molecule has 0 spiro atoms. The summed E-state index contributed by atoms with van der Waals surface area (Å²) in [4.78, 5) is 18.2. The van der Waals surface area contributed by atoms with Crippen LogP contribution < -0.4 is 15.5 Å². The number of esters is 1. The molecule has 0 saturated carbocycles. The minimum absolute atomic E-state index is 0. The zero-order chi connectivity index (χ0) is 19.2. The van der Waals surface area contributed by atoms with Crippen molar-refractivity contribution in [2.24, 2.45) is 4.99 Å². The number of carbonyl (C=O) groups excluding carboxylic acids is 1. The van der Waals surface area contributed by atoms with Crippen molar-refractivity contribution in [1.82, 2.24) is 10.6 Å². The highest BCUT2D eigenvalue weighted by molar-refractivity contribution is 14.0. The number of ether oxygens (including phenoxy) is 1. The van der Waals surface area contributed by atoms with Crippen LogP contribution in [0.1, 0.15) is 33.6 Å². The Morgan fingerprint density at radius 1 is 1.41 bits per heavy atom. The van der Waals surface area contributed by atoms with Crippen LogP contribution in [-0.4, -0.2) is 50.3 Å². The Balaban J connectivity index is 0.00000364. The Labute approximate surface area is 178 Å². The fourth-order valence-corrected chi connectivity index (χ4v) is 2.92. The van der Waals surface area contributed by atoms with Crippen LogP contribution in [0.5, 0.6) is 0 Å². The number of anilines is 1. The van der Waals surface area contributed by atoms with Crippen LogP contribution in [0.2, 0.25) is 0 Å². The minimum atomic E-state index is -0.509. The second-order valence-electron chi connectivity index (χ2n) is 7.42. The molecule has 1 aliphatic rings. The van der Waals surface area contributed by atoms with Gasteiger partial charge in [-0.3, -0.25) is 9.79 Å². The molecule has 1 aromatic rings. The lowest BCUT2D eigenvalue weighted by molar-refractivity contribution is -0.153. The molecule has 152 valence electrons. The molecular formula is C19H30FIN4O2. The monoisotopic (exact) mass is 492 g/mol. The Morgan fingerprint density at radius 3 is 2.78 bits per heavy atom. The minimum Gasteiger partial charge on any atom is -0.459 e. The van der Waals surface area contributed by atoms with E-state index in [-0.39, 0.29) is 48.3 Å². The SMILES string of the molecule is CN=C(NCC(=O)OC(C)(C)C)NC1CCCN(c2cccc(F)c2)C1.I. The van der Waals surface area contributed by atoms with Crippen LogP contribution >= 0.6 is 24.0 Å². The van der Waals surface area contributed by atoms with Gasteiger partial charge in [0.15, 0.2) is 5.96 Å². The van der Waals surface area contributed by atoms with E-state index < -0.39 is 5.60 Å². The van der Waals surface area contributed by atoms with E-state index in [0.717, 1.165) is 31.6 Å². The molecule has 1 unspecified atom stereocenters. The van der Waals surface area contributed by atoms with Gasteiger partial charge in [0.2, 0.25) is 0 Å². The Kier molecular flexibility index (Phi) is 9.28. The molecule has 6 nitrogen and oxygen atoms in total. The molecule has 2 N–H and O–H groups in total. The van der Waals surface area contributed by atoms with Crippen LogP contribution in [0, 0.1) is 5.82 Å². The van der Waals surface area contributed by atoms with Gasteiger partial charge in [-0.2, -0.15) is 0 Å². The van der Waals surface area contributed by atoms with Crippen molar-refractivity contribution >= 4 is 41.6 Å². The third-order valence-corrected chi connectivity index (χ3v) is 3.98. The number of carbonyl (C=O) groups is 1. The van der Waals surface area contributed by atoms with Gasteiger partial charge in [0.1, 0.15) is 18.0 Å². The molecule has 1 saturated heterocycles. The average Bonchev–Trinajstić information content (AvgIpc) is 2.57. The molecule has 2 rings (SSSR count). The summed E-state index contributed by atoms with van der Waals surface area (Å²) < 4.78 is 18.7. The highest BCUT2D eigenvalue weighted by Gasteiger charge is 2.22. The standard InChI is InChI=1S/C19H29FN4O2.HI/c1-19(2,3)26-17(25)12-22-18(21-4)23-15-8-6-10-24(13-15)16-9-5-7-14(20)11-16;/h5,7,9,11,15H,6,8,10,12-13H2,1-4H3,(H2,21,22,23);1H. The second-order valence-corrected chi connectivity index (χ2v) is 7.42. The molecule has 0 amide bonds. The highest BCUT2D eigenvalue weighted by atomic mass is 127. The van der Waals surface area contributed by atoms with Crippen molar-refractivity contribution in [3.8, 4) is 0 Å². The molecule has 1 aromatic carbocycles. The lowest BCUT2D eigenvalue weighted by Crippen LogP contribution is -2.52. The number of piperidine rings is 1. The molecule has 27 heavy (non-hydrogen) atoms. The summed E-state index contributed by atoms with van der Waals surface area (Å²) in [5.74, 6) is -0.000136. The van der Waals surface area contributed by atoms with Crippen molar-refractivity contribution in [3.63, 3.8) is 0 Å². The van der Waals surface area contributed by atoms with Crippen molar-refractivity contribution in [3.05, 3.63) is 30.1 Å². The van der Waals surface area contributed by atoms with Gasteiger partial charge >= 0.3 is 5.97 Å². The van der Waals surface area contributed by atoms with E-state index in [9.17, 15) is 9.18 Å². The molecule has 0 radical (unpaired) electrons. The predicted molar refractivity (Wildman–Crippen MR) is 117 cm³/mol. The van der Waals surface area contributed by atoms with E-state index in [1.165, 1.54) is 6.07 Å². The Morgan fingerprint density at radius 2 is 2.15 bits per heavy atom. The van der Waals surface area contributed by atoms with E-state index >= 15 is 0 Å². The molecule has 8 heteroatoms. The lowest BCUT2D eigenvalue weighted by Gasteiger charge is -2.35. The van der Waals surface area contributed by atoms with Gasteiger partial charge in [-0.25, -0.2) is 4.39 Å². The number of nitrogens with zero attached hydrogens (tertiary/aromatic N) is 2. The summed E-state index contributed by atoms with van der Waals surface area (Å²) in [6.45, 7) is 7.20. The van der Waals surface area contributed by atoms with E-state index in [4.69, 9.17) is 4.74 Å². The number of hydrogen-bond donors (Lipinski definition) is 2. The van der Waals surface area contributed by atoms with Crippen molar-refractivity contribution in [2.75, 3.05) is 31.6 Å². The first-order valence-electron chi connectivity index (χ1n) is 8.96. The quantitative estimate of drug-likeness (QED) is 0.293. The van der Waals surface area contributed by atoms with Crippen LogP contribution in [0.25, 0.3) is 0 Å². The van der Waals surface area contributed by atoms with Gasteiger partial charge in [-0.1, -0.05) is 6.07 Å². The van der Waals surface area contributed by atoms with Crippen molar-refractivity contribution in [2.45, 2.75) is 45.3 Å². The maximum absolute atomic E-state index is 13.5. The smallest absolute Gasteiger partial charge is 0.325 e. The van der Waals surface area contributed by atoms with Gasteiger partial charge in [0.05, 0.1) is 0 Å². The van der Waals surface area contributed by atoms with Gasteiger partial charge in [-0.05, 0) is 51.8 Å². The van der Waals surface area contributed by atoms with E-state index in [2.05, 4.69) is 20.5 Å². The Bertz CT molecular complexity index is 649. The van der Waals surface area contributed by atoms with Crippen molar-refractivity contribution in [1.29, 1.82) is 0 Å². The van der Waals surface area contributed by atoms with Crippen LogP contribution in [0.4, 0.5) is 10.1 Å². The lowest BCUT2D eigenvalue weighted by atomic mass is 10.0. The summed E-state index contributed by atoms with van der Waals surface area (Å²) >= 11 is 0. The van der Waals surface area contributed by atoms with Crippen LogP contribution in [0.15, 0.2) is 29.3 Å². The average molecular weight is 492 g/mol. The first-order valence-corrected chi connectivity index (χ1v) is 8.96. The number of nitrogens with one attached hydrogen (secondary N) is 2. The number of halogens is 2. The zero-order valence-electron chi connectivity index (χ0n) is 16.4. The fraction of sp³-hybridized carbons (Fsp3) is 0.579. The maximum atomic E-state index is 13.5. The summed E-state index contributed by atoms with van der Waals surface area (Å²) in [6, 6.07) is 6.81. The topological polar surface area (TPSA) is 66.0 Å². The first-order chi connectivity index (χ1) is 12.3. The number of guanidine groups is 1. The first kappa shape index (κ1) is 23.5. The number of rotatable bonds is 4. The van der Waals surface area contributed by atoms with Gasteiger partial charge in [-0.15, -0.1) is 24.0 Å². The molecule has 1 atom stereocenters. The van der Waals surface area contributed by atoms with Gasteiger partial charge in [0.25, 0.3) is 0 Å². The summed E-state index contributed by atoms with van der Waals surface area (Å²) in [7, 11) is 1.66. The molecule has 1 heterocycles. The number of benzene rings is 1. The second kappa shape index (κ2) is 10.7. The normalized spacial score (nSPS) is 17.7. The summed E-state index contributed by atoms with van der Waals surface area (Å²) in [5.41, 5.74) is 0.373. The van der Waals surface area contributed by atoms with Crippen molar-refractivity contribution < 1.29 is 13.9 Å². The van der Waals surface area contributed by atoms with Crippen LogP contribution in [-0.2, 0) is 9.53 Å². The van der Waals surface area contributed by atoms with Crippen LogP contribution in [0.3, 0.4) is 0 Å². The van der Waals surface area contributed by atoms with E-state index in [0.29, 0.717) is 5.96 Å². The predicted octanol–water partition coefficient (Wildman–Crippen LogP) is 2.92. The third-order valence-electron chi connectivity index (χ3n) is 3.98. The van der Waals surface area contributed by atoms with E-state index in [1.54, 1.807) is 19.2 Å². The summed E-state index contributed by atoms with van der Waals surface area (Å²) in [6.07, 6.45) is 1.98. The largest absolute Gasteiger partial charge is 0.459 e. The van der Waals surface area contributed by atoms with E-state index in [1.807, 2.05) is 26.8 Å². The highest BCUT2D eigenvalue weighted by Crippen LogP contribution is 2.20. The molecule has 1 fully saturated rings. The fourth-order valence-electron chi connectivity index (χ4n) is 2.92. The van der Waals surface area contributed by atoms with Gasteiger partial charge in [0, 0.05) is 31.9 Å². The third kappa shape index (κ3) is 8.32. The van der Waals surface area contributed by atoms with Gasteiger partial charge < -0.3 is 20.3 Å². The molecule has 0 aliphatic carbocycles. The maximum Gasteiger partial charge on any atom is 0.325 e. The zero-order valence-corrected chi connectivity index (χ0v) is 18.7. The number of hydrogen-bond acceptors (Lipinski definition) is 4. The summed E-state index contributed by atoms with van der Waals surface area (Å²) in [5, 5.41) is 6.32. The number of aliphatic imine (C=N–C) groups is 1. The molecule has 0 aromatic heterocycles. The molecule has 1 aliphatic heterocycles. The molecule has 0 bridgehead atoms. The Hall–Kier alpha value is -1.58.